The molecule has 0 saturated heterocycles. The lowest BCUT2D eigenvalue weighted by molar-refractivity contribution is -0.148. The van der Waals surface area contributed by atoms with Gasteiger partial charge in [0.05, 0.1) is 25.9 Å². The molecular formula is C24H23NO6. The summed E-state index contributed by atoms with van der Waals surface area (Å²) < 4.78 is 21.4. The summed E-state index contributed by atoms with van der Waals surface area (Å²) in [6, 6.07) is 13.3. The van der Waals surface area contributed by atoms with Crippen LogP contribution in [-0.4, -0.2) is 31.1 Å². The van der Waals surface area contributed by atoms with Crippen molar-refractivity contribution in [2.24, 2.45) is 5.92 Å². The summed E-state index contributed by atoms with van der Waals surface area (Å²) >= 11 is 0. The van der Waals surface area contributed by atoms with Crippen LogP contribution in [0.4, 0.5) is 0 Å². The summed E-state index contributed by atoms with van der Waals surface area (Å²) in [5, 5.41) is 9.24. The number of hydrogen-bond acceptors (Lipinski definition) is 7. The Balaban J connectivity index is 1.77. The van der Waals surface area contributed by atoms with Gasteiger partial charge in [-0.3, -0.25) is 15.0 Å². The Hall–Kier alpha value is -3.61. The number of rotatable bonds is 6. The maximum absolute atomic E-state index is 12.6. The number of ether oxygens (including phenoxy) is 3. The van der Waals surface area contributed by atoms with E-state index in [2.05, 4.69) is 0 Å². The predicted octanol–water partition coefficient (Wildman–Crippen LogP) is 4.69. The van der Waals surface area contributed by atoms with Crippen LogP contribution in [0, 0.1) is 11.3 Å². The molecule has 0 radical (unpaired) electrons. The molecule has 0 fully saturated rings. The SMILES string of the molecule is CCOC(=O)CC1c2cc(-c3ccc4occc4c3)ccc2OC(=N)C1C(=O)OCC. The molecule has 0 aliphatic carbocycles. The zero-order valence-corrected chi connectivity index (χ0v) is 17.3. The number of hydrogen-bond donors (Lipinski definition) is 1. The van der Waals surface area contributed by atoms with E-state index in [0.29, 0.717) is 11.3 Å². The second kappa shape index (κ2) is 8.63. The molecule has 3 aromatic rings. The zero-order chi connectivity index (χ0) is 22.0. The fourth-order valence-corrected chi connectivity index (χ4v) is 3.93. The van der Waals surface area contributed by atoms with Gasteiger partial charge < -0.3 is 18.6 Å². The number of esters is 2. The number of carbonyl (C=O) groups excluding carboxylic acids is 2. The van der Waals surface area contributed by atoms with Crippen molar-refractivity contribution in [1.29, 1.82) is 5.41 Å². The Morgan fingerprint density at radius 3 is 2.52 bits per heavy atom. The van der Waals surface area contributed by atoms with E-state index in [4.69, 9.17) is 24.0 Å². The van der Waals surface area contributed by atoms with Gasteiger partial charge in [0, 0.05) is 16.9 Å². The molecule has 2 heterocycles. The maximum atomic E-state index is 12.6. The lowest BCUT2D eigenvalue weighted by Crippen LogP contribution is -2.39. The molecule has 160 valence electrons. The quantitative estimate of drug-likeness (QED) is 0.580. The Bertz CT molecular complexity index is 1150. The molecule has 0 amide bonds. The van der Waals surface area contributed by atoms with Crippen LogP contribution in [-0.2, 0) is 19.1 Å². The number of benzene rings is 2. The number of nitrogens with one attached hydrogen (secondary N) is 1. The van der Waals surface area contributed by atoms with Gasteiger partial charge >= 0.3 is 11.9 Å². The topological polar surface area (TPSA) is 98.8 Å². The molecule has 0 saturated carbocycles. The smallest absolute Gasteiger partial charge is 0.319 e. The molecule has 7 heteroatoms. The molecule has 2 atom stereocenters. The third kappa shape index (κ3) is 4.03. The van der Waals surface area contributed by atoms with E-state index >= 15 is 0 Å². The van der Waals surface area contributed by atoms with E-state index in [1.165, 1.54) is 0 Å². The summed E-state index contributed by atoms with van der Waals surface area (Å²) in [5.74, 6) is -2.43. The lowest BCUT2D eigenvalue weighted by atomic mass is 9.80. The standard InChI is InChI=1S/C24H23NO6/c1-3-28-21(26)13-18-17-12-15(14-5-7-19-16(11-14)9-10-30-19)6-8-20(17)31-23(25)22(18)24(27)29-4-2/h5-12,18,22,25H,3-4,13H2,1-2H3. The molecule has 0 bridgehead atoms. The van der Waals surface area contributed by atoms with Gasteiger partial charge in [-0.15, -0.1) is 0 Å². The second-order valence-electron chi connectivity index (χ2n) is 7.24. The van der Waals surface area contributed by atoms with Crippen molar-refractivity contribution < 1.29 is 28.2 Å². The first-order valence-electron chi connectivity index (χ1n) is 10.2. The molecule has 1 aromatic heterocycles. The van der Waals surface area contributed by atoms with E-state index in [1.807, 2.05) is 36.4 Å². The highest BCUT2D eigenvalue weighted by molar-refractivity contribution is 6.00. The van der Waals surface area contributed by atoms with E-state index in [0.717, 1.165) is 22.1 Å². The maximum Gasteiger partial charge on any atom is 0.319 e. The van der Waals surface area contributed by atoms with Gasteiger partial charge in [-0.2, -0.15) is 0 Å². The molecule has 2 aromatic carbocycles. The molecule has 4 rings (SSSR count). The van der Waals surface area contributed by atoms with Crippen LogP contribution in [0.15, 0.2) is 53.1 Å². The van der Waals surface area contributed by atoms with Gasteiger partial charge in [0.15, 0.2) is 0 Å². The Morgan fingerprint density at radius 2 is 1.74 bits per heavy atom. The summed E-state index contributed by atoms with van der Waals surface area (Å²) in [7, 11) is 0. The van der Waals surface area contributed by atoms with Gasteiger partial charge in [0.1, 0.15) is 17.3 Å². The molecule has 7 nitrogen and oxygen atoms in total. The normalized spacial score (nSPS) is 17.7. The Kier molecular flexibility index (Phi) is 5.75. The van der Waals surface area contributed by atoms with Crippen LogP contribution >= 0.6 is 0 Å². The van der Waals surface area contributed by atoms with Gasteiger partial charge in [-0.05, 0) is 55.3 Å². The molecule has 31 heavy (non-hydrogen) atoms. The molecular weight excluding hydrogens is 398 g/mol. The summed E-state index contributed by atoms with van der Waals surface area (Å²) in [5.41, 5.74) is 3.32. The lowest BCUT2D eigenvalue weighted by Gasteiger charge is -2.32. The first kappa shape index (κ1) is 20.7. The fraction of sp³-hybridized carbons (Fsp3) is 0.292. The van der Waals surface area contributed by atoms with Gasteiger partial charge in [0.2, 0.25) is 5.90 Å². The summed E-state index contributed by atoms with van der Waals surface area (Å²) in [6.07, 6.45) is 1.58. The average molecular weight is 421 g/mol. The Morgan fingerprint density at radius 1 is 1.00 bits per heavy atom. The minimum absolute atomic E-state index is 0.0553. The Labute approximate surface area is 179 Å². The van der Waals surface area contributed by atoms with Crippen LogP contribution in [0.5, 0.6) is 5.75 Å². The minimum Gasteiger partial charge on any atom is -0.466 e. The monoisotopic (exact) mass is 421 g/mol. The third-order valence-corrected chi connectivity index (χ3v) is 5.33. The van der Waals surface area contributed by atoms with Crippen LogP contribution < -0.4 is 4.74 Å². The van der Waals surface area contributed by atoms with Crippen molar-refractivity contribution in [1.82, 2.24) is 0 Å². The minimum atomic E-state index is -1.01. The second-order valence-corrected chi connectivity index (χ2v) is 7.24. The first-order valence-corrected chi connectivity index (χ1v) is 10.2. The van der Waals surface area contributed by atoms with Crippen molar-refractivity contribution in [3.8, 4) is 16.9 Å². The van der Waals surface area contributed by atoms with Crippen LogP contribution in [0.2, 0.25) is 0 Å². The highest BCUT2D eigenvalue weighted by atomic mass is 16.5. The zero-order valence-electron chi connectivity index (χ0n) is 17.3. The van der Waals surface area contributed by atoms with Crippen LogP contribution in [0.1, 0.15) is 31.7 Å². The highest BCUT2D eigenvalue weighted by Gasteiger charge is 2.42. The van der Waals surface area contributed by atoms with E-state index < -0.39 is 23.8 Å². The summed E-state index contributed by atoms with van der Waals surface area (Å²) in [4.78, 5) is 25.0. The van der Waals surface area contributed by atoms with Crippen molar-refractivity contribution >= 4 is 28.8 Å². The van der Waals surface area contributed by atoms with Crippen LogP contribution in [0.25, 0.3) is 22.1 Å². The van der Waals surface area contributed by atoms with Crippen molar-refractivity contribution in [2.75, 3.05) is 13.2 Å². The van der Waals surface area contributed by atoms with Gasteiger partial charge in [-0.25, -0.2) is 0 Å². The van der Waals surface area contributed by atoms with E-state index in [9.17, 15) is 9.59 Å². The number of fused-ring (bicyclic) bond motifs is 2. The van der Waals surface area contributed by atoms with Gasteiger partial charge in [0.25, 0.3) is 0 Å². The highest BCUT2D eigenvalue weighted by Crippen LogP contribution is 2.43. The number of furan rings is 1. The summed E-state index contributed by atoms with van der Waals surface area (Å²) in [6.45, 7) is 3.84. The first-order chi connectivity index (χ1) is 15.0. The van der Waals surface area contributed by atoms with Crippen molar-refractivity contribution in [3.63, 3.8) is 0 Å². The fourth-order valence-electron chi connectivity index (χ4n) is 3.93. The molecule has 1 aliphatic rings. The molecule has 1 aliphatic heterocycles. The number of carbonyl (C=O) groups is 2. The predicted molar refractivity (Wildman–Crippen MR) is 114 cm³/mol. The van der Waals surface area contributed by atoms with Crippen molar-refractivity contribution in [2.45, 2.75) is 26.2 Å². The van der Waals surface area contributed by atoms with E-state index in [1.54, 1.807) is 26.2 Å². The molecule has 0 spiro atoms. The van der Waals surface area contributed by atoms with Gasteiger partial charge in [-0.1, -0.05) is 12.1 Å². The average Bonchev–Trinajstić information content (AvgIpc) is 3.21. The van der Waals surface area contributed by atoms with Crippen LogP contribution in [0.3, 0.4) is 0 Å². The third-order valence-electron chi connectivity index (χ3n) is 5.33. The molecule has 2 unspecified atom stereocenters. The van der Waals surface area contributed by atoms with E-state index in [-0.39, 0.29) is 25.5 Å². The largest absolute Gasteiger partial charge is 0.466 e. The van der Waals surface area contributed by atoms with Crippen molar-refractivity contribution in [3.05, 3.63) is 54.3 Å². The molecule has 1 N–H and O–H groups in total.